The molecule has 0 unspecified atom stereocenters. The number of hydrogen-bond acceptors (Lipinski definition) is 6. The minimum absolute atomic E-state index is 0.177. The lowest BCUT2D eigenvalue weighted by molar-refractivity contribution is -0.119. The molecule has 6 nitrogen and oxygen atoms in total. The minimum atomic E-state index is -0.384. The van der Waals surface area contributed by atoms with Crippen molar-refractivity contribution in [3.05, 3.63) is 54.4 Å². The van der Waals surface area contributed by atoms with Crippen LogP contribution in [0, 0.1) is 0 Å². The van der Waals surface area contributed by atoms with Crippen molar-refractivity contribution in [2.24, 2.45) is 0 Å². The van der Waals surface area contributed by atoms with E-state index in [2.05, 4.69) is 20.8 Å². The first-order chi connectivity index (χ1) is 11.2. The number of thiazole rings is 1. The Kier molecular flexibility index (Phi) is 4.84. The Labute approximate surface area is 140 Å². The summed E-state index contributed by atoms with van der Waals surface area (Å²) in [4.78, 5) is 31.8. The highest BCUT2D eigenvalue weighted by Gasteiger charge is 2.09. The second-order valence-corrected chi connectivity index (χ2v) is 6.73. The van der Waals surface area contributed by atoms with Crippen LogP contribution in [-0.2, 0) is 4.79 Å². The van der Waals surface area contributed by atoms with Gasteiger partial charge in [-0.05, 0) is 24.3 Å². The van der Waals surface area contributed by atoms with Crippen LogP contribution in [0.1, 0.15) is 10.4 Å². The lowest BCUT2D eigenvalue weighted by Gasteiger charge is -2.06. The number of benzene rings is 1. The molecule has 1 aromatic carbocycles. The Hall–Kier alpha value is -2.45. The standard InChI is InChI=1S/C15H12N4O2S2/c20-13(18-19-14(21)10-5-7-16-8-6-10)9-22-15-17-11-3-1-2-4-12(11)23-15/h1-8H,9H2,(H,18,20)(H,19,21). The first kappa shape index (κ1) is 15.4. The third-order valence-electron chi connectivity index (χ3n) is 2.86. The second kappa shape index (κ2) is 7.21. The fourth-order valence-electron chi connectivity index (χ4n) is 1.78. The Morgan fingerprint density at radius 3 is 2.65 bits per heavy atom. The Bertz CT molecular complexity index is 803. The second-order valence-electron chi connectivity index (χ2n) is 4.47. The van der Waals surface area contributed by atoms with Gasteiger partial charge in [0.25, 0.3) is 5.91 Å². The van der Waals surface area contributed by atoms with Crippen LogP contribution in [0.5, 0.6) is 0 Å². The number of carbonyl (C=O) groups is 2. The van der Waals surface area contributed by atoms with Crippen LogP contribution < -0.4 is 10.9 Å². The average Bonchev–Trinajstić information content (AvgIpc) is 3.01. The molecular formula is C15H12N4O2S2. The van der Waals surface area contributed by atoms with Gasteiger partial charge in [-0.25, -0.2) is 4.98 Å². The average molecular weight is 344 g/mol. The summed E-state index contributed by atoms with van der Waals surface area (Å²) in [5, 5.41) is 0. The molecule has 3 aromatic rings. The number of pyridine rings is 1. The summed E-state index contributed by atoms with van der Waals surface area (Å²) in [5.74, 6) is -0.501. The number of nitrogens with one attached hydrogen (secondary N) is 2. The van der Waals surface area contributed by atoms with E-state index < -0.39 is 0 Å². The van der Waals surface area contributed by atoms with Crippen LogP contribution in [0.4, 0.5) is 0 Å². The zero-order valence-electron chi connectivity index (χ0n) is 11.9. The molecule has 0 radical (unpaired) electrons. The predicted molar refractivity (Wildman–Crippen MR) is 90.2 cm³/mol. The summed E-state index contributed by atoms with van der Waals surface area (Å²) in [5.41, 5.74) is 6.10. The van der Waals surface area contributed by atoms with Crippen molar-refractivity contribution >= 4 is 45.1 Å². The third kappa shape index (κ3) is 4.05. The van der Waals surface area contributed by atoms with Gasteiger partial charge >= 0.3 is 0 Å². The fourth-order valence-corrected chi connectivity index (χ4v) is 3.65. The lowest BCUT2D eigenvalue weighted by Crippen LogP contribution is -2.42. The van der Waals surface area contributed by atoms with E-state index in [9.17, 15) is 9.59 Å². The van der Waals surface area contributed by atoms with E-state index in [0.717, 1.165) is 14.6 Å². The SMILES string of the molecule is O=C(CSc1nc2ccccc2s1)NNC(=O)c1ccncc1. The Balaban J connectivity index is 1.49. The molecule has 2 amide bonds. The maximum Gasteiger partial charge on any atom is 0.269 e. The first-order valence-corrected chi connectivity index (χ1v) is 8.50. The fraction of sp³-hybridized carbons (Fsp3) is 0.0667. The van der Waals surface area contributed by atoms with Gasteiger partial charge in [0.05, 0.1) is 16.0 Å². The summed E-state index contributed by atoms with van der Waals surface area (Å²) >= 11 is 2.87. The molecule has 0 bridgehead atoms. The maximum absolute atomic E-state index is 11.8. The Morgan fingerprint density at radius 1 is 1.09 bits per heavy atom. The number of rotatable bonds is 4. The summed E-state index contributed by atoms with van der Waals surface area (Å²) in [7, 11) is 0. The van der Waals surface area contributed by atoms with E-state index in [-0.39, 0.29) is 17.6 Å². The number of hydrogen-bond donors (Lipinski definition) is 2. The van der Waals surface area contributed by atoms with Gasteiger partial charge in [0.2, 0.25) is 5.91 Å². The van der Waals surface area contributed by atoms with Crippen LogP contribution in [0.15, 0.2) is 53.1 Å². The highest BCUT2D eigenvalue weighted by Crippen LogP contribution is 2.28. The number of hydrazine groups is 1. The number of amides is 2. The molecule has 3 rings (SSSR count). The molecule has 0 aliphatic heterocycles. The third-order valence-corrected chi connectivity index (χ3v) is 5.04. The smallest absolute Gasteiger partial charge is 0.269 e. The topological polar surface area (TPSA) is 84.0 Å². The van der Waals surface area contributed by atoms with Crippen molar-refractivity contribution in [1.29, 1.82) is 0 Å². The molecule has 0 aliphatic carbocycles. The number of carbonyl (C=O) groups excluding carboxylic acids is 2. The van der Waals surface area contributed by atoms with Gasteiger partial charge in [0.15, 0.2) is 4.34 Å². The summed E-state index contributed by atoms with van der Waals surface area (Å²) < 4.78 is 1.91. The first-order valence-electron chi connectivity index (χ1n) is 6.70. The van der Waals surface area contributed by atoms with E-state index in [0.29, 0.717) is 5.56 Å². The largest absolute Gasteiger partial charge is 0.272 e. The monoisotopic (exact) mass is 344 g/mol. The molecule has 8 heteroatoms. The quantitative estimate of drug-likeness (QED) is 0.560. The predicted octanol–water partition coefficient (Wildman–Crippen LogP) is 2.24. The summed E-state index contributed by atoms with van der Waals surface area (Å²) in [6.45, 7) is 0. The zero-order valence-corrected chi connectivity index (χ0v) is 13.5. The molecule has 2 N–H and O–H groups in total. The van der Waals surface area contributed by atoms with Crippen LogP contribution >= 0.6 is 23.1 Å². The molecule has 23 heavy (non-hydrogen) atoms. The summed E-state index contributed by atoms with van der Waals surface area (Å²) in [6.07, 6.45) is 3.03. The molecule has 0 atom stereocenters. The van der Waals surface area contributed by atoms with E-state index in [4.69, 9.17) is 0 Å². The van der Waals surface area contributed by atoms with Gasteiger partial charge in [-0.2, -0.15) is 0 Å². The number of aromatic nitrogens is 2. The highest BCUT2D eigenvalue weighted by atomic mass is 32.2. The molecule has 0 fully saturated rings. The van der Waals surface area contributed by atoms with Gasteiger partial charge in [0.1, 0.15) is 0 Å². The van der Waals surface area contributed by atoms with Crippen LogP contribution in [-0.4, -0.2) is 27.5 Å². The van der Waals surface area contributed by atoms with Crippen molar-refractivity contribution in [3.63, 3.8) is 0 Å². The van der Waals surface area contributed by atoms with Crippen LogP contribution in [0.3, 0.4) is 0 Å². The van der Waals surface area contributed by atoms with Gasteiger partial charge < -0.3 is 0 Å². The normalized spacial score (nSPS) is 10.4. The van der Waals surface area contributed by atoms with Gasteiger partial charge in [-0.15, -0.1) is 11.3 Å². The molecule has 0 saturated carbocycles. The van der Waals surface area contributed by atoms with Crippen LogP contribution in [0.25, 0.3) is 10.2 Å². The van der Waals surface area contributed by atoms with Gasteiger partial charge in [-0.3, -0.25) is 25.4 Å². The van der Waals surface area contributed by atoms with Crippen molar-refractivity contribution in [3.8, 4) is 0 Å². The molecular weight excluding hydrogens is 332 g/mol. The number of para-hydroxylation sites is 1. The minimum Gasteiger partial charge on any atom is -0.272 e. The van der Waals surface area contributed by atoms with Gasteiger partial charge in [-0.1, -0.05) is 23.9 Å². The molecule has 0 aliphatic rings. The lowest BCUT2D eigenvalue weighted by atomic mass is 10.3. The number of nitrogens with zero attached hydrogens (tertiary/aromatic N) is 2. The van der Waals surface area contributed by atoms with Crippen molar-refractivity contribution in [2.75, 3.05) is 5.75 Å². The maximum atomic E-state index is 11.8. The van der Waals surface area contributed by atoms with Crippen LogP contribution in [0.2, 0.25) is 0 Å². The highest BCUT2D eigenvalue weighted by molar-refractivity contribution is 8.01. The number of thioether (sulfide) groups is 1. The van der Waals surface area contributed by atoms with Gasteiger partial charge in [0, 0.05) is 18.0 Å². The summed E-state index contributed by atoms with van der Waals surface area (Å²) in [6, 6.07) is 10.9. The van der Waals surface area contributed by atoms with E-state index in [1.807, 2.05) is 24.3 Å². The van der Waals surface area contributed by atoms with Crippen molar-refractivity contribution in [2.45, 2.75) is 4.34 Å². The molecule has 0 saturated heterocycles. The zero-order chi connectivity index (χ0) is 16.1. The molecule has 116 valence electrons. The van der Waals surface area contributed by atoms with Crippen molar-refractivity contribution in [1.82, 2.24) is 20.8 Å². The molecule has 2 heterocycles. The van der Waals surface area contributed by atoms with E-state index >= 15 is 0 Å². The number of fused-ring (bicyclic) bond motifs is 1. The van der Waals surface area contributed by atoms with E-state index in [1.54, 1.807) is 12.1 Å². The van der Waals surface area contributed by atoms with Crippen molar-refractivity contribution < 1.29 is 9.59 Å². The van der Waals surface area contributed by atoms with E-state index in [1.165, 1.54) is 35.5 Å². The Morgan fingerprint density at radius 2 is 1.87 bits per heavy atom. The molecule has 0 spiro atoms. The molecule has 2 aromatic heterocycles.